The van der Waals surface area contributed by atoms with Crippen LogP contribution in [0.1, 0.15) is 18.9 Å². The van der Waals surface area contributed by atoms with E-state index in [9.17, 15) is 0 Å². The van der Waals surface area contributed by atoms with Crippen LogP contribution in [0.3, 0.4) is 0 Å². The van der Waals surface area contributed by atoms with Gasteiger partial charge in [0.1, 0.15) is 0 Å². The van der Waals surface area contributed by atoms with Gasteiger partial charge in [-0.15, -0.1) is 11.3 Å². The number of hydrogen-bond donors (Lipinski definition) is 1. The predicted molar refractivity (Wildman–Crippen MR) is 66.4 cm³/mol. The lowest BCUT2D eigenvalue weighted by molar-refractivity contribution is 0.725. The maximum atomic E-state index is 5.81. The summed E-state index contributed by atoms with van der Waals surface area (Å²) in [6.45, 7) is 2.13. The van der Waals surface area contributed by atoms with Gasteiger partial charge in [0.2, 0.25) is 0 Å². The number of nitrogens with two attached hydrogens (primary N) is 1. The van der Waals surface area contributed by atoms with Gasteiger partial charge in [0.15, 0.2) is 0 Å². The van der Waals surface area contributed by atoms with E-state index in [2.05, 4.69) is 34.3 Å². The standard InChI is InChI=1S/C9H14BrNS2/c1-2-8(11)6-12-4-7-3-9(10)13-5-7/h3,5,8H,2,4,6,11H2,1H3. The molecular weight excluding hydrogens is 266 g/mol. The lowest BCUT2D eigenvalue weighted by Gasteiger charge is -2.06. The van der Waals surface area contributed by atoms with Crippen LogP contribution in [0.2, 0.25) is 0 Å². The van der Waals surface area contributed by atoms with Gasteiger partial charge in [-0.25, -0.2) is 0 Å². The summed E-state index contributed by atoms with van der Waals surface area (Å²) in [5, 5.41) is 2.19. The Labute approximate surface area is 96.2 Å². The third-order valence-corrected chi connectivity index (χ3v) is 4.50. The van der Waals surface area contributed by atoms with Gasteiger partial charge in [-0.2, -0.15) is 11.8 Å². The summed E-state index contributed by atoms with van der Waals surface area (Å²) in [5.74, 6) is 2.14. The fourth-order valence-electron chi connectivity index (χ4n) is 0.867. The van der Waals surface area contributed by atoms with Crippen LogP contribution in [0.4, 0.5) is 0 Å². The smallest absolute Gasteiger partial charge is 0.0701 e. The van der Waals surface area contributed by atoms with Crippen LogP contribution in [0.15, 0.2) is 15.2 Å². The summed E-state index contributed by atoms with van der Waals surface area (Å²) in [6, 6.07) is 2.53. The highest BCUT2D eigenvalue weighted by atomic mass is 79.9. The van der Waals surface area contributed by atoms with Crippen LogP contribution in [0.25, 0.3) is 0 Å². The zero-order chi connectivity index (χ0) is 9.68. The number of hydrogen-bond acceptors (Lipinski definition) is 3. The molecular formula is C9H14BrNS2. The van der Waals surface area contributed by atoms with Crippen LogP contribution >= 0.6 is 39.0 Å². The van der Waals surface area contributed by atoms with E-state index in [1.807, 2.05) is 11.8 Å². The van der Waals surface area contributed by atoms with E-state index in [0.717, 1.165) is 17.9 Å². The Morgan fingerprint density at radius 3 is 3.00 bits per heavy atom. The van der Waals surface area contributed by atoms with E-state index in [1.165, 1.54) is 9.35 Å². The molecule has 1 aromatic rings. The summed E-state index contributed by atoms with van der Waals surface area (Å²) in [6.07, 6.45) is 1.07. The Kier molecular flexibility index (Phi) is 5.39. The average Bonchev–Trinajstić information content (AvgIpc) is 2.51. The highest BCUT2D eigenvalue weighted by Crippen LogP contribution is 2.24. The molecule has 1 heterocycles. The number of rotatable bonds is 5. The second kappa shape index (κ2) is 6.06. The van der Waals surface area contributed by atoms with Crippen LogP contribution in [0, 0.1) is 0 Å². The quantitative estimate of drug-likeness (QED) is 0.893. The van der Waals surface area contributed by atoms with E-state index in [0.29, 0.717) is 6.04 Å². The first kappa shape index (κ1) is 11.6. The largest absolute Gasteiger partial charge is 0.327 e. The van der Waals surface area contributed by atoms with Crippen LogP contribution in [-0.4, -0.2) is 11.8 Å². The van der Waals surface area contributed by atoms with Gasteiger partial charge in [-0.1, -0.05) is 6.92 Å². The van der Waals surface area contributed by atoms with Crippen molar-refractivity contribution in [3.05, 3.63) is 20.8 Å². The van der Waals surface area contributed by atoms with Crippen LogP contribution in [0.5, 0.6) is 0 Å². The minimum atomic E-state index is 0.354. The predicted octanol–water partition coefficient (Wildman–Crippen LogP) is 3.48. The molecule has 2 N–H and O–H groups in total. The molecule has 0 aliphatic heterocycles. The highest BCUT2D eigenvalue weighted by molar-refractivity contribution is 9.11. The Bertz CT molecular complexity index is 250. The summed E-state index contributed by atoms with van der Waals surface area (Å²) >= 11 is 7.11. The average molecular weight is 280 g/mol. The molecule has 0 aliphatic carbocycles. The van der Waals surface area contributed by atoms with E-state index in [4.69, 9.17) is 5.73 Å². The Morgan fingerprint density at radius 1 is 1.69 bits per heavy atom. The minimum absolute atomic E-state index is 0.354. The van der Waals surface area contributed by atoms with Gasteiger partial charge in [-0.3, -0.25) is 0 Å². The first-order valence-electron chi connectivity index (χ1n) is 4.28. The maximum absolute atomic E-state index is 5.81. The molecule has 1 atom stereocenters. The molecule has 0 radical (unpaired) electrons. The van der Waals surface area contributed by atoms with Gasteiger partial charge in [0.25, 0.3) is 0 Å². The number of halogens is 1. The van der Waals surface area contributed by atoms with Gasteiger partial charge < -0.3 is 5.73 Å². The van der Waals surface area contributed by atoms with Crippen molar-refractivity contribution in [1.82, 2.24) is 0 Å². The summed E-state index contributed by atoms with van der Waals surface area (Å²) in [4.78, 5) is 0. The lowest BCUT2D eigenvalue weighted by atomic mass is 10.3. The SMILES string of the molecule is CCC(N)CSCc1csc(Br)c1. The van der Waals surface area contributed by atoms with Gasteiger partial charge in [0, 0.05) is 17.5 Å². The first-order valence-corrected chi connectivity index (χ1v) is 7.11. The van der Waals surface area contributed by atoms with E-state index >= 15 is 0 Å². The molecule has 0 aliphatic rings. The third kappa shape index (κ3) is 4.49. The van der Waals surface area contributed by atoms with Crippen molar-refractivity contribution >= 4 is 39.0 Å². The number of thioether (sulfide) groups is 1. The fraction of sp³-hybridized carbons (Fsp3) is 0.556. The zero-order valence-electron chi connectivity index (χ0n) is 7.63. The summed E-state index contributed by atoms with van der Waals surface area (Å²) in [5.41, 5.74) is 7.21. The monoisotopic (exact) mass is 279 g/mol. The maximum Gasteiger partial charge on any atom is 0.0701 e. The molecule has 0 saturated carbocycles. The highest BCUT2D eigenvalue weighted by Gasteiger charge is 2.01. The lowest BCUT2D eigenvalue weighted by Crippen LogP contribution is -2.21. The third-order valence-electron chi connectivity index (χ3n) is 1.75. The van der Waals surface area contributed by atoms with E-state index in [-0.39, 0.29) is 0 Å². The minimum Gasteiger partial charge on any atom is -0.327 e. The van der Waals surface area contributed by atoms with Crippen molar-refractivity contribution in [2.75, 3.05) is 5.75 Å². The molecule has 0 spiro atoms. The fourth-order valence-corrected chi connectivity index (χ4v) is 3.24. The zero-order valence-corrected chi connectivity index (χ0v) is 10.8. The van der Waals surface area contributed by atoms with Crippen molar-refractivity contribution < 1.29 is 0 Å². The number of thiophene rings is 1. The van der Waals surface area contributed by atoms with Crippen LogP contribution in [-0.2, 0) is 5.75 Å². The topological polar surface area (TPSA) is 26.0 Å². The molecule has 0 amide bonds. The van der Waals surface area contributed by atoms with Crippen molar-refractivity contribution in [2.24, 2.45) is 5.73 Å². The second-order valence-electron chi connectivity index (χ2n) is 2.94. The second-order valence-corrected chi connectivity index (χ2v) is 6.26. The molecule has 1 aromatic heterocycles. The molecule has 1 unspecified atom stereocenters. The summed E-state index contributed by atoms with van der Waals surface area (Å²) < 4.78 is 1.21. The van der Waals surface area contributed by atoms with Crippen molar-refractivity contribution in [3.8, 4) is 0 Å². The molecule has 74 valence electrons. The Morgan fingerprint density at radius 2 is 2.46 bits per heavy atom. The van der Waals surface area contributed by atoms with Gasteiger partial charge >= 0.3 is 0 Å². The molecule has 4 heteroatoms. The molecule has 13 heavy (non-hydrogen) atoms. The first-order chi connectivity index (χ1) is 6.22. The van der Waals surface area contributed by atoms with Crippen LogP contribution < -0.4 is 5.73 Å². The molecule has 1 nitrogen and oxygen atoms in total. The molecule has 0 saturated heterocycles. The van der Waals surface area contributed by atoms with E-state index < -0.39 is 0 Å². The molecule has 0 aromatic carbocycles. The van der Waals surface area contributed by atoms with Crippen molar-refractivity contribution in [1.29, 1.82) is 0 Å². The van der Waals surface area contributed by atoms with Gasteiger partial charge in [0.05, 0.1) is 3.79 Å². The van der Waals surface area contributed by atoms with Crippen molar-refractivity contribution in [2.45, 2.75) is 25.1 Å². The Hall–Kier alpha value is 0.490. The summed E-state index contributed by atoms with van der Waals surface area (Å²) in [7, 11) is 0. The molecule has 0 bridgehead atoms. The van der Waals surface area contributed by atoms with E-state index in [1.54, 1.807) is 11.3 Å². The molecule has 0 fully saturated rings. The van der Waals surface area contributed by atoms with Gasteiger partial charge in [-0.05, 0) is 39.4 Å². The molecule has 1 rings (SSSR count). The Balaban J connectivity index is 2.20. The van der Waals surface area contributed by atoms with Crippen molar-refractivity contribution in [3.63, 3.8) is 0 Å². The normalized spacial score (nSPS) is 13.2.